The predicted octanol–water partition coefficient (Wildman–Crippen LogP) is 1.84. The van der Waals surface area contributed by atoms with Crippen LogP contribution >= 0.6 is 0 Å². The first-order valence-corrected chi connectivity index (χ1v) is 6.75. The van der Waals surface area contributed by atoms with Gasteiger partial charge in [-0.25, -0.2) is 0 Å². The van der Waals surface area contributed by atoms with Gasteiger partial charge in [-0.15, -0.1) is 0 Å². The number of aliphatic carboxylic acids is 1. The van der Waals surface area contributed by atoms with E-state index in [9.17, 15) is 9.59 Å². The monoisotopic (exact) mass is 277 g/mol. The van der Waals surface area contributed by atoms with Crippen molar-refractivity contribution in [1.29, 1.82) is 0 Å². The van der Waals surface area contributed by atoms with Gasteiger partial charge < -0.3 is 14.7 Å². The van der Waals surface area contributed by atoms with Crippen LogP contribution in [0.25, 0.3) is 0 Å². The van der Waals surface area contributed by atoms with E-state index in [2.05, 4.69) is 0 Å². The second-order valence-corrected chi connectivity index (χ2v) is 5.07. The molecule has 2 rings (SSSR count). The molecule has 0 saturated carbocycles. The molecule has 1 aliphatic heterocycles. The molecule has 1 aliphatic rings. The lowest BCUT2D eigenvalue weighted by molar-refractivity contribution is -0.137. The molecule has 1 saturated heterocycles. The fourth-order valence-electron chi connectivity index (χ4n) is 2.31. The summed E-state index contributed by atoms with van der Waals surface area (Å²) in [6.45, 7) is 2.68. The molecule has 0 aliphatic carbocycles. The largest absolute Gasteiger partial charge is 0.480 e. The molecular weight excluding hydrogens is 258 g/mol. The summed E-state index contributed by atoms with van der Waals surface area (Å²) in [5, 5.41) is 9.02. The van der Waals surface area contributed by atoms with Crippen LogP contribution in [0, 0.1) is 12.8 Å². The Bertz CT molecular complexity index is 477. The minimum absolute atomic E-state index is 0.170. The van der Waals surface area contributed by atoms with E-state index in [1.807, 2.05) is 19.1 Å². The molecule has 1 aromatic carbocycles. The molecule has 1 N–H and O–H groups in total. The quantitative estimate of drug-likeness (QED) is 0.912. The lowest BCUT2D eigenvalue weighted by Gasteiger charge is -2.28. The van der Waals surface area contributed by atoms with Crippen LogP contribution in [0.2, 0.25) is 0 Å². The predicted molar refractivity (Wildman–Crippen MR) is 74.7 cm³/mol. The van der Waals surface area contributed by atoms with E-state index in [-0.39, 0.29) is 18.4 Å². The fraction of sp³-hybridized carbons (Fsp3) is 0.467. The molecule has 108 valence electrons. The Morgan fingerprint density at radius 1 is 1.35 bits per heavy atom. The van der Waals surface area contributed by atoms with Crippen molar-refractivity contribution < 1.29 is 19.4 Å². The number of carboxylic acids is 1. The number of benzene rings is 1. The number of rotatable bonds is 4. The first-order valence-electron chi connectivity index (χ1n) is 6.75. The summed E-state index contributed by atoms with van der Waals surface area (Å²) in [5.41, 5.74) is 1.69. The SMILES string of the molecule is Cc1ccc(N(CC(=O)O)C(=O)C2CCCOC2)cc1. The van der Waals surface area contributed by atoms with Crippen LogP contribution in [-0.2, 0) is 14.3 Å². The first kappa shape index (κ1) is 14.5. The number of nitrogens with zero attached hydrogens (tertiary/aromatic N) is 1. The van der Waals surface area contributed by atoms with E-state index in [1.165, 1.54) is 4.90 Å². The standard InChI is InChI=1S/C15H19NO4/c1-11-4-6-13(7-5-11)16(9-14(17)18)15(19)12-3-2-8-20-10-12/h4-7,12H,2-3,8-10H2,1H3,(H,17,18). The van der Waals surface area contributed by atoms with Gasteiger partial charge in [-0.1, -0.05) is 17.7 Å². The third kappa shape index (κ3) is 3.57. The number of carbonyl (C=O) groups is 2. The molecule has 1 fully saturated rings. The van der Waals surface area contributed by atoms with Crippen molar-refractivity contribution in [3.8, 4) is 0 Å². The average molecular weight is 277 g/mol. The van der Waals surface area contributed by atoms with Gasteiger partial charge in [0.05, 0.1) is 12.5 Å². The molecule has 20 heavy (non-hydrogen) atoms. The maximum absolute atomic E-state index is 12.5. The highest BCUT2D eigenvalue weighted by Gasteiger charge is 2.28. The molecule has 1 amide bonds. The van der Waals surface area contributed by atoms with E-state index >= 15 is 0 Å². The summed E-state index contributed by atoms with van der Waals surface area (Å²) in [4.78, 5) is 24.8. The maximum atomic E-state index is 12.5. The van der Waals surface area contributed by atoms with Gasteiger partial charge in [0, 0.05) is 12.3 Å². The highest BCUT2D eigenvalue weighted by molar-refractivity contribution is 5.98. The highest BCUT2D eigenvalue weighted by Crippen LogP contribution is 2.22. The molecule has 0 bridgehead atoms. The zero-order valence-corrected chi connectivity index (χ0v) is 11.5. The maximum Gasteiger partial charge on any atom is 0.323 e. The number of carboxylic acid groups (broad SMARTS) is 1. The molecule has 0 aromatic heterocycles. The molecular formula is C15H19NO4. The summed E-state index contributed by atoms with van der Waals surface area (Å²) in [6.07, 6.45) is 1.59. The molecule has 5 heteroatoms. The molecule has 1 unspecified atom stereocenters. The second-order valence-electron chi connectivity index (χ2n) is 5.07. The Morgan fingerprint density at radius 3 is 2.60 bits per heavy atom. The van der Waals surface area contributed by atoms with E-state index in [0.29, 0.717) is 18.9 Å². The summed E-state index contributed by atoms with van der Waals surface area (Å²) in [6, 6.07) is 7.30. The van der Waals surface area contributed by atoms with Gasteiger partial charge in [0.15, 0.2) is 0 Å². The second kappa shape index (κ2) is 6.52. The van der Waals surface area contributed by atoms with Crippen molar-refractivity contribution >= 4 is 17.6 Å². The lowest BCUT2D eigenvalue weighted by atomic mass is 10.00. The van der Waals surface area contributed by atoms with Crippen molar-refractivity contribution in [2.24, 2.45) is 5.92 Å². The fourth-order valence-corrected chi connectivity index (χ4v) is 2.31. The van der Waals surface area contributed by atoms with Crippen molar-refractivity contribution in [2.45, 2.75) is 19.8 Å². The lowest BCUT2D eigenvalue weighted by Crippen LogP contribution is -2.42. The molecule has 1 atom stereocenters. The zero-order chi connectivity index (χ0) is 14.5. The van der Waals surface area contributed by atoms with Gasteiger partial charge in [0.1, 0.15) is 6.54 Å². The van der Waals surface area contributed by atoms with Crippen LogP contribution < -0.4 is 4.90 Å². The van der Waals surface area contributed by atoms with Gasteiger partial charge in [0.2, 0.25) is 5.91 Å². The number of ether oxygens (including phenoxy) is 1. The van der Waals surface area contributed by atoms with Crippen LogP contribution in [0.15, 0.2) is 24.3 Å². The Balaban J connectivity index is 2.19. The van der Waals surface area contributed by atoms with Crippen LogP contribution in [0.3, 0.4) is 0 Å². The number of carbonyl (C=O) groups excluding carboxylic acids is 1. The van der Waals surface area contributed by atoms with Crippen molar-refractivity contribution in [1.82, 2.24) is 0 Å². The van der Waals surface area contributed by atoms with Crippen molar-refractivity contribution in [3.05, 3.63) is 29.8 Å². The summed E-state index contributed by atoms with van der Waals surface area (Å²) in [5.74, 6) is -1.43. The van der Waals surface area contributed by atoms with Crippen LogP contribution in [0.1, 0.15) is 18.4 Å². The molecule has 1 aromatic rings. The molecule has 1 heterocycles. The molecule has 5 nitrogen and oxygen atoms in total. The Kier molecular flexibility index (Phi) is 4.74. The van der Waals surface area contributed by atoms with E-state index in [0.717, 1.165) is 18.4 Å². The molecule has 0 radical (unpaired) electrons. The summed E-state index contributed by atoms with van der Waals surface area (Å²) >= 11 is 0. The Hall–Kier alpha value is -1.88. The summed E-state index contributed by atoms with van der Waals surface area (Å²) < 4.78 is 5.32. The van der Waals surface area contributed by atoms with Crippen LogP contribution in [0.4, 0.5) is 5.69 Å². The number of aryl methyl sites for hydroxylation is 1. The van der Waals surface area contributed by atoms with Gasteiger partial charge in [-0.05, 0) is 31.9 Å². The van der Waals surface area contributed by atoms with Crippen molar-refractivity contribution in [2.75, 3.05) is 24.7 Å². The highest BCUT2D eigenvalue weighted by atomic mass is 16.5. The Morgan fingerprint density at radius 2 is 2.05 bits per heavy atom. The summed E-state index contributed by atoms with van der Waals surface area (Å²) in [7, 11) is 0. The van der Waals surface area contributed by atoms with Crippen LogP contribution in [-0.4, -0.2) is 36.7 Å². The number of anilines is 1. The third-order valence-corrected chi connectivity index (χ3v) is 3.41. The third-order valence-electron chi connectivity index (χ3n) is 3.41. The average Bonchev–Trinajstić information content (AvgIpc) is 2.46. The normalized spacial score (nSPS) is 18.6. The van der Waals surface area contributed by atoms with Gasteiger partial charge in [-0.3, -0.25) is 9.59 Å². The van der Waals surface area contributed by atoms with E-state index in [1.54, 1.807) is 12.1 Å². The first-order chi connectivity index (χ1) is 9.58. The Labute approximate surface area is 118 Å². The topological polar surface area (TPSA) is 66.8 Å². The molecule has 0 spiro atoms. The van der Waals surface area contributed by atoms with E-state index in [4.69, 9.17) is 9.84 Å². The number of hydrogen-bond donors (Lipinski definition) is 1. The van der Waals surface area contributed by atoms with Gasteiger partial charge in [0.25, 0.3) is 0 Å². The smallest absolute Gasteiger partial charge is 0.323 e. The number of amides is 1. The number of hydrogen-bond acceptors (Lipinski definition) is 3. The van der Waals surface area contributed by atoms with E-state index < -0.39 is 5.97 Å². The van der Waals surface area contributed by atoms with Gasteiger partial charge >= 0.3 is 5.97 Å². The minimum atomic E-state index is -1.02. The van der Waals surface area contributed by atoms with Crippen molar-refractivity contribution in [3.63, 3.8) is 0 Å². The van der Waals surface area contributed by atoms with Gasteiger partial charge in [-0.2, -0.15) is 0 Å². The van der Waals surface area contributed by atoms with Crippen LogP contribution in [0.5, 0.6) is 0 Å². The minimum Gasteiger partial charge on any atom is -0.480 e. The zero-order valence-electron chi connectivity index (χ0n) is 11.5.